The van der Waals surface area contributed by atoms with Crippen molar-refractivity contribution in [1.82, 2.24) is 0 Å². The molecule has 0 spiro atoms. The molecule has 1 aliphatic rings. The van der Waals surface area contributed by atoms with Gasteiger partial charge in [-0.2, -0.15) is 0 Å². The molecule has 0 atom stereocenters. The maximum Gasteiger partial charge on any atom is 0.354 e. The Morgan fingerprint density at radius 3 is 1.87 bits per heavy atom. The fourth-order valence-electron chi connectivity index (χ4n) is 3.47. The molecule has 30 heavy (non-hydrogen) atoms. The van der Waals surface area contributed by atoms with Gasteiger partial charge in [-0.1, -0.05) is 78.4 Å². The van der Waals surface area contributed by atoms with Crippen LogP contribution in [0.4, 0.5) is 0 Å². The van der Waals surface area contributed by atoms with Crippen molar-refractivity contribution < 1.29 is 14.3 Å². The number of Topliss-reactive ketones (excluding diaryl/α,β-unsaturated/α-hetero) is 1. The van der Waals surface area contributed by atoms with Crippen molar-refractivity contribution in [2.45, 2.75) is 13.3 Å². The summed E-state index contributed by atoms with van der Waals surface area (Å²) >= 11 is 0. The van der Waals surface area contributed by atoms with Crippen LogP contribution >= 0.6 is 0 Å². The van der Waals surface area contributed by atoms with E-state index in [9.17, 15) is 9.59 Å². The van der Waals surface area contributed by atoms with Gasteiger partial charge in [0.2, 0.25) is 0 Å². The van der Waals surface area contributed by atoms with Gasteiger partial charge in [0.1, 0.15) is 5.71 Å². The molecule has 4 rings (SSSR count). The quantitative estimate of drug-likeness (QED) is 0.214. The molecule has 5 nitrogen and oxygen atoms in total. The summed E-state index contributed by atoms with van der Waals surface area (Å²) in [5, 5.41) is 8.55. The van der Waals surface area contributed by atoms with Crippen molar-refractivity contribution in [3.63, 3.8) is 0 Å². The van der Waals surface area contributed by atoms with Gasteiger partial charge in [0.15, 0.2) is 11.5 Å². The molecule has 0 bridgehead atoms. The average Bonchev–Trinajstić information content (AvgIpc) is 3.10. The summed E-state index contributed by atoms with van der Waals surface area (Å²) in [4.78, 5) is 24.9. The molecule has 0 saturated carbocycles. The van der Waals surface area contributed by atoms with E-state index in [2.05, 4.69) is 10.2 Å². The van der Waals surface area contributed by atoms with E-state index in [1.165, 1.54) is 7.11 Å². The van der Waals surface area contributed by atoms with Gasteiger partial charge < -0.3 is 4.74 Å². The summed E-state index contributed by atoms with van der Waals surface area (Å²) in [5.41, 5.74) is 6.23. The lowest BCUT2D eigenvalue weighted by molar-refractivity contribution is -0.132. The van der Waals surface area contributed by atoms with Gasteiger partial charge in [-0.05, 0) is 18.1 Å². The van der Waals surface area contributed by atoms with Gasteiger partial charge in [0.25, 0.3) is 0 Å². The van der Waals surface area contributed by atoms with Crippen molar-refractivity contribution >= 4 is 23.2 Å². The van der Waals surface area contributed by atoms with Crippen LogP contribution in [0.2, 0.25) is 0 Å². The number of aryl methyl sites for hydroxylation is 1. The molecule has 148 valence electrons. The fourth-order valence-corrected chi connectivity index (χ4v) is 3.47. The number of hydrogen-bond donors (Lipinski definition) is 0. The standard InChI is InChI=1S/C25H20N2O3/c1-16-11-13-17(14-12-16)23(28)15-22(25(29)30-2)26-27-24-20-9-5-3-7-18(20)19-8-4-6-10-21(19)24/h3-14H,15H2,1-2H3. The highest BCUT2D eigenvalue weighted by Crippen LogP contribution is 2.36. The number of carbonyl (C=O) groups is 2. The number of esters is 1. The van der Waals surface area contributed by atoms with Crippen LogP contribution < -0.4 is 0 Å². The van der Waals surface area contributed by atoms with Crippen LogP contribution in [0.25, 0.3) is 11.1 Å². The van der Waals surface area contributed by atoms with Gasteiger partial charge in [-0.25, -0.2) is 4.79 Å². The molecule has 0 radical (unpaired) electrons. The first-order valence-corrected chi connectivity index (χ1v) is 9.60. The molecule has 0 aliphatic heterocycles. The highest BCUT2D eigenvalue weighted by Gasteiger charge is 2.25. The summed E-state index contributed by atoms with van der Waals surface area (Å²) in [5.74, 6) is -0.883. The van der Waals surface area contributed by atoms with Crippen LogP contribution in [0.5, 0.6) is 0 Å². The zero-order chi connectivity index (χ0) is 21.1. The molecule has 0 unspecified atom stereocenters. The van der Waals surface area contributed by atoms with Gasteiger partial charge in [0.05, 0.1) is 13.5 Å². The van der Waals surface area contributed by atoms with Gasteiger partial charge in [0, 0.05) is 16.7 Å². The maximum absolute atomic E-state index is 12.6. The van der Waals surface area contributed by atoms with E-state index in [0.717, 1.165) is 27.8 Å². The van der Waals surface area contributed by atoms with E-state index < -0.39 is 5.97 Å². The van der Waals surface area contributed by atoms with E-state index in [-0.39, 0.29) is 17.9 Å². The van der Waals surface area contributed by atoms with E-state index in [1.54, 1.807) is 12.1 Å². The zero-order valence-corrected chi connectivity index (χ0v) is 16.8. The molecule has 0 saturated heterocycles. The van der Waals surface area contributed by atoms with Crippen LogP contribution in [0.1, 0.15) is 33.5 Å². The molecule has 3 aromatic carbocycles. The van der Waals surface area contributed by atoms with Crippen LogP contribution in [0.3, 0.4) is 0 Å². The maximum atomic E-state index is 12.6. The first-order chi connectivity index (χ1) is 14.6. The third kappa shape index (κ3) is 3.70. The highest BCUT2D eigenvalue weighted by atomic mass is 16.5. The van der Waals surface area contributed by atoms with Gasteiger partial charge in [-0.3, -0.25) is 4.79 Å². The molecular formula is C25H20N2O3. The van der Waals surface area contributed by atoms with Crippen molar-refractivity contribution in [2.24, 2.45) is 10.2 Å². The Hall–Kier alpha value is -3.86. The smallest absolute Gasteiger partial charge is 0.354 e. The molecule has 1 aliphatic carbocycles. The van der Waals surface area contributed by atoms with E-state index in [0.29, 0.717) is 11.3 Å². The monoisotopic (exact) mass is 396 g/mol. The number of benzene rings is 3. The first kappa shape index (κ1) is 19.5. The Balaban J connectivity index is 1.71. The van der Waals surface area contributed by atoms with Gasteiger partial charge in [-0.15, -0.1) is 10.2 Å². The summed E-state index contributed by atoms with van der Waals surface area (Å²) in [6, 6.07) is 23.0. The lowest BCUT2D eigenvalue weighted by Crippen LogP contribution is -2.20. The Morgan fingerprint density at radius 2 is 1.33 bits per heavy atom. The number of rotatable bonds is 5. The Labute approximate surface area is 174 Å². The lowest BCUT2D eigenvalue weighted by atomic mass is 10.0. The fraction of sp³-hybridized carbons (Fsp3) is 0.120. The average molecular weight is 396 g/mol. The molecule has 3 aromatic rings. The summed E-state index contributed by atoms with van der Waals surface area (Å²) in [6.07, 6.45) is -0.185. The molecule has 0 fully saturated rings. The van der Waals surface area contributed by atoms with Crippen molar-refractivity contribution in [1.29, 1.82) is 0 Å². The van der Waals surface area contributed by atoms with Crippen molar-refractivity contribution in [2.75, 3.05) is 7.11 Å². The van der Waals surface area contributed by atoms with Crippen LogP contribution in [-0.2, 0) is 9.53 Å². The first-order valence-electron chi connectivity index (χ1n) is 9.60. The minimum Gasteiger partial charge on any atom is -0.464 e. The third-order valence-electron chi connectivity index (χ3n) is 5.05. The van der Waals surface area contributed by atoms with Crippen LogP contribution in [-0.4, -0.2) is 30.3 Å². The summed E-state index contributed by atoms with van der Waals surface area (Å²) in [6.45, 7) is 1.95. The normalized spacial score (nSPS) is 12.2. The zero-order valence-electron chi connectivity index (χ0n) is 16.8. The van der Waals surface area contributed by atoms with Gasteiger partial charge >= 0.3 is 5.97 Å². The topological polar surface area (TPSA) is 68.1 Å². The number of fused-ring (bicyclic) bond motifs is 3. The van der Waals surface area contributed by atoms with Crippen LogP contribution in [0, 0.1) is 6.92 Å². The summed E-state index contributed by atoms with van der Waals surface area (Å²) in [7, 11) is 1.27. The van der Waals surface area contributed by atoms with E-state index in [1.807, 2.05) is 67.6 Å². The third-order valence-corrected chi connectivity index (χ3v) is 5.05. The van der Waals surface area contributed by atoms with E-state index in [4.69, 9.17) is 4.74 Å². The van der Waals surface area contributed by atoms with Crippen molar-refractivity contribution in [3.05, 3.63) is 95.1 Å². The summed E-state index contributed by atoms with van der Waals surface area (Å²) < 4.78 is 4.83. The predicted octanol–water partition coefficient (Wildman–Crippen LogP) is 4.61. The molecule has 0 N–H and O–H groups in total. The molecule has 5 heteroatoms. The minimum atomic E-state index is -0.667. The number of ether oxygens (including phenoxy) is 1. The molecule has 0 heterocycles. The second-order valence-electron chi connectivity index (χ2n) is 7.04. The number of ketones is 1. The number of nitrogens with zero attached hydrogens (tertiary/aromatic N) is 2. The second-order valence-corrected chi connectivity index (χ2v) is 7.04. The second kappa shape index (κ2) is 8.25. The van der Waals surface area contributed by atoms with Crippen LogP contribution in [0.15, 0.2) is 83.0 Å². The minimum absolute atomic E-state index is 0.0302. The highest BCUT2D eigenvalue weighted by molar-refractivity contribution is 6.40. The largest absolute Gasteiger partial charge is 0.464 e. The Bertz CT molecular complexity index is 1140. The molecule has 0 aromatic heterocycles. The van der Waals surface area contributed by atoms with E-state index >= 15 is 0 Å². The lowest BCUT2D eigenvalue weighted by Gasteiger charge is -2.04. The number of carbonyl (C=O) groups excluding carboxylic acids is 2. The molecule has 0 amide bonds. The Kier molecular flexibility index (Phi) is 5.35. The SMILES string of the molecule is COC(=O)C(CC(=O)c1ccc(C)cc1)=NN=C1c2ccccc2-c2ccccc21. The van der Waals surface area contributed by atoms with Crippen molar-refractivity contribution in [3.8, 4) is 11.1 Å². The Morgan fingerprint density at radius 1 is 0.800 bits per heavy atom. The number of hydrogen-bond acceptors (Lipinski definition) is 5. The predicted molar refractivity (Wildman–Crippen MR) is 117 cm³/mol. The molecular weight excluding hydrogens is 376 g/mol. The number of methoxy groups -OCH3 is 1.